The van der Waals surface area contributed by atoms with Gasteiger partial charge in [0.1, 0.15) is 11.5 Å². The van der Waals surface area contributed by atoms with E-state index in [0.29, 0.717) is 22.6 Å². The minimum Gasteiger partial charge on any atom is -0.496 e. The van der Waals surface area contributed by atoms with Crippen LogP contribution in [-0.2, 0) is 0 Å². The lowest BCUT2D eigenvalue weighted by Crippen LogP contribution is -2.21. The van der Waals surface area contributed by atoms with Crippen LogP contribution < -0.4 is 10.2 Å². The molecule has 6 heteroatoms. The van der Waals surface area contributed by atoms with Crippen LogP contribution in [0.15, 0.2) is 64.9 Å². The van der Waals surface area contributed by atoms with E-state index in [1.54, 1.807) is 36.4 Å². The van der Waals surface area contributed by atoms with Gasteiger partial charge in [0.2, 0.25) is 0 Å². The molecule has 0 bridgehead atoms. The van der Waals surface area contributed by atoms with Crippen molar-refractivity contribution in [3.05, 3.63) is 65.7 Å². The molecule has 6 nitrogen and oxygen atoms in total. The first-order valence-electron chi connectivity index (χ1n) is 6.50. The largest absolute Gasteiger partial charge is 0.496 e. The van der Waals surface area contributed by atoms with Gasteiger partial charge in [0.15, 0.2) is 0 Å². The number of hydrogen-bond donors (Lipinski definition) is 2. The van der Waals surface area contributed by atoms with E-state index < -0.39 is 5.91 Å². The molecule has 2 rings (SSSR count). The summed E-state index contributed by atoms with van der Waals surface area (Å²) in [6, 6.07) is 15.9. The molecule has 0 atom stereocenters. The fourth-order valence-corrected chi connectivity index (χ4v) is 1.84. The smallest absolute Gasteiger partial charge is 0.275 e. The Morgan fingerprint density at radius 3 is 2.50 bits per heavy atom. The molecule has 0 unspecified atom stereocenters. The molecule has 0 fully saturated rings. The molecule has 0 saturated heterocycles. The summed E-state index contributed by atoms with van der Waals surface area (Å²) < 4.78 is 5.13. The number of amides is 1. The molecule has 0 aliphatic rings. The number of benzene rings is 2. The monoisotopic (exact) mass is 297 g/mol. The fraction of sp³-hybridized carbons (Fsp3) is 0.0625. The molecule has 0 heterocycles. The van der Waals surface area contributed by atoms with Crippen LogP contribution in [0, 0.1) is 0 Å². The number of rotatable bonds is 5. The maximum Gasteiger partial charge on any atom is 0.275 e. The van der Waals surface area contributed by atoms with Crippen molar-refractivity contribution in [1.29, 1.82) is 0 Å². The highest BCUT2D eigenvalue weighted by atomic mass is 16.5. The van der Waals surface area contributed by atoms with Crippen molar-refractivity contribution in [2.24, 2.45) is 10.3 Å². The Bertz CT molecular complexity index is 697. The molecule has 0 saturated carbocycles. The average Bonchev–Trinajstić information content (AvgIpc) is 2.59. The van der Waals surface area contributed by atoms with Crippen molar-refractivity contribution in [2.75, 3.05) is 7.11 Å². The number of nitrogens with zero attached hydrogens (tertiary/aromatic N) is 2. The van der Waals surface area contributed by atoms with E-state index in [1.807, 2.05) is 18.2 Å². The van der Waals surface area contributed by atoms with Crippen molar-refractivity contribution in [3.8, 4) is 5.75 Å². The van der Waals surface area contributed by atoms with E-state index in [0.717, 1.165) is 6.21 Å². The molecule has 112 valence electrons. The molecular formula is C16H15N3O3. The van der Waals surface area contributed by atoms with Gasteiger partial charge in [-0.2, -0.15) is 5.10 Å². The highest BCUT2D eigenvalue weighted by Gasteiger charge is 2.11. The number of carbonyl (C=O) groups is 1. The predicted molar refractivity (Wildman–Crippen MR) is 83.7 cm³/mol. The van der Waals surface area contributed by atoms with Crippen molar-refractivity contribution in [3.63, 3.8) is 0 Å². The Morgan fingerprint density at radius 1 is 1.14 bits per heavy atom. The van der Waals surface area contributed by atoms with Gasteiger partial charge in [-0.3, -0.25) is 4.79 Å². The lowest BCUT2D eigenvalue weighted by atomic mass is 10.1. The van der Waals surface area contributed by atoms with Crippen LogP contribution in [0.25, 0.3) is 0 Å². The molecule has 0 aromatic heterocycles. The second-order valence-corrected chi connectivity index (χ2v) is 4.25. The molecule has 0 aliphatic heterocycles. The standard InChI is InChI=1S/C16H15N3O3/c1-22-15-10-6-5-9-13(15)16(20)19-18-14(11-17-21)12-7-3-2-4-8-12/h2-11,21H,1H3,(H,19,20)/b17-11+,18-14+. The van der Waals surface area contributed by atoms with Gasteiger partial charge in [-0.15, -0.1) is 0 Å². The zero-order chi connectivity index (χ0) is 15.8. The lowest BCUT2D eigenvalue weighted by molar-refractivity contribution is 0.0952. The summed E-state index contributed by atoms with van der Waals surface area (Å²) in [5, 5.41) is 15.7. The third-order valence-corrected chi connectivity index (χ3v) is 2.88. The number of methoxy groups -OCH3 is 1. The molecule has 0 spiro atoms. The third kappa shape index (κ3) is 3.69. The van der Waals surface area contributed by atoms with Crippen LogP contribution in [0.5, 0.6) is 5.75 Å². The van der Waals surface area contributed by atoms with Crippen molar-refractivity contribution in [2.45, 2.75) is 0 Å². The molecule has 0 radical (unpaired) electrons. The minimum atomic E-state index is -0.419. The number of hydrazone groups is 1. The van der Waals surface area contributed by atoms with Gasteiger partial charge >= 0.3 is 0 Å². The summed E-state index contributed by atoms with van der Waals surface area (Å²) in [5.41, 5.74) is 3.82. The number of ether oxygens (including phenoxy) is 1. The van der Waals surface area contributed by atoms with Crippen molar-refractivity contribution in [1.82, 2.24) is 5.43 Å². The molecule has 2 aromatic rings. The summed E-state index contributed by atoms with van der Waals surface area (Å²) in [6.45, 7) is 0. The summed E-state index contributed by atoms with van der Waals surface area (Å²) >= 11 is 0. The number of carbonyl (C=O) groups excluding carboxylic acids is 1. The van der Waals surface area contributed by atoms with E-state index in [-0.39, 0.29) is 0 Å². The summed E-state index contributed by atoms with van der Waals surface area (Å²) in [6.07, 6.45) is 1.15. The maximum absolute atomic E-state index is 12.2. The maximum atomic E-state index is 12.2. The van der Waals surface area contributed by atoms with E-state index >= 15 is 0 Å². The molecule has 2 aromatic carbocycles. The van der Waals surface area contributed by atoms with Crippen LogP contribution in [0.4, 0.5) is 0 Å². The molecule has 22 heavy (non-hydrogen) atoms. The van der Waals surface area contributed by atoms with Crippen LogP contribution in [0.3, 0.4) is 0 Å². The van der Waals surface area contributed by atoms with E-state index in [2.05, 4.69) is 15.7 Å². The Kier molecular flexibility index (Phi) is 5.25. The van der Waals surface area contributed by atoms with Gasteiger partial charge in [-0.05, 0) is 12.1 Å². The van der Waals surface area contributed by atoms with E-state index in [9.17, 15) is 4.79 Å². The van der Waals surface area contributed by atoms with Gasteiger partial charge in [0.05, 0.1) is 18.9 Å². The van der Waals surface area contributed by atoms with E-state index in [4.69, 9.17) is 9.94 Å². The highest BCUT2D eigenvalue weighted by molar-refractivity contribution is 6.38. The Balaban J connectivity index is 2.22. The third-order valence-electron chi connectivity index (χ3n) is 2.88. The first-order valence-corrected chi connectivity index (χ1v) is 6.50. The molecule has 2 N–H and O–H groups in total. The lowest BCUT2D eigenvalue weighted by Gasteiger charge is -2.07. The zero-order valence-electron chi connectivity index (χ0n) is 11.9. The SMILES string of the molecule is COc1ccccc1C(=O)N/N=C(\C=N\O)c1ccccc1. The van der Waals surface area contributed by atoms with Crippen molar-refractivity contribution >= 4 is 17.8 Å². The van der Waals surface area contributed by atoms with Gasteiger partial charge in [-0.1, -0.05) is 47.6 Å². The minimum absolute atomic E-state index is 0.325. The van der Waals surface area contributed by atoms with E-state index in [1.165, 1.54) is 7.11 Å². The first-order chi connectivity index (χ1) is 10.8. The normalized spacial score (nSPS) is 11.4. The molecule has 1 amide bonds. The van der Waals surface area contributed by atoms with Crippen molar-refractivity contribution < 1.29 is 14.7 Å². The topological polar surface area (TPSA) is 83.3 Å². The quantitative estimate of drug-likeness (QED) is 0.504. The van der Waals surface area contributed by atoms with Gasteiger partial charge < -0.3 is 9.94 Å². The first kappa shape index (κ1) is 15.2. The molecule has 0 aliphatic carbocycles. The van der Waals surface area contributed by atoms with Gasteiger partial charge in [0.25, 0.3) is 5.91 Å². The summed E-state index contributed by atoms with van der Waals surface area (Å²) in [7, 11) is 1.49. The number of oxime groups is 1. The van der Waals surface area contributed by atoms with Gasteiger partial charge in [0, 0.05) is 5.56 Å². The van der Waals surface area contributed by atoms with Crippen LogP contribution in [-0.4, -0.2) is 30.2 Å². The fourth-order valence-electron chi connectivity index (χ4n) is 1.84. The number of nitrogens with one attached hydrogen (secondary N) is 1. The highest BCUT2D eigenvalue weighted by Crippen LogP contribution is 2.16. The van der Waals surface area contributed by atoms with Crippen LogP contribution in [0.1, 0.15) is 15.9 Å². The van der Waals surface area contributed by atoms with Crippen LogP contribution >= 0.6 is 0 Å². The summed E-state index contributed by atoms with van der Waals surface area (Å²) in [5.74, 6) is 0.0320. The average molecular weight is 297 g/mol. The Labute approximate surface area is 127 Å². The number of para-hydroxylation sites is 1. The second-order valence-electron chi connectivity index (χ2n) is 4.25. The second kappa shape index (κ2) is 7.58. The van der Waals surface area contributed by atoms with Gasteiger partial charge in [-0.25, -0.2) is 5.43 Å². The molecular weight excluding hydrogens is 282 g/mol. The Hall–Kier alpha value is -3.15. The zero-order valence-corrected chi connectivity index (χ0v) is 11.9. The summed E-state index contributed by atoms with van der Waals surface area (Å²) in [4.78, 5) is 12.2. The predicted octanol–water partition coefficient (Wildman–Crippen LogP) is 2.29. The number of hydrogen-bond acceptors (Lipinski definition) is 5. The van der Waals surface area contributed by atoms with Crippen LogP contribution in [0.2, 0.25) is 0 Å². The Morgan fingerprint density at radius 2 is 1.82 bits per heavy atom.